The normalized spacial score (nSPS) is 10.8. The molecule has 2 rings (SSSR count). The van der Waals surface area contributed by atoms with Gasteiger partial charge in [0.1, 0.15) is 0 Å². The fraction of sp³-hybridized carbons (Fsp3) is 0.250. The summed E-state index contributed by atoms with van der Waals surface area (Å²) in [5, 5.41) is 0. The fourth-order valence-corrected chi connectivity index (χ4v) is 4.11. The maximum Gasteiger partial charge on any atom is 0.358 e. The molecule has 88 valence electrons. The summed E-state index contributed by atoms with van der Waals surface area (Å²) in [5.74, 6) is 0.623. The van der Waals surface area contributed by atoms with Crippen LogP contribution in [-0.2, 0) is 0 Å². The van der Waals surface area contributed by atoms with E-state index in [1.807, 2.05) is 0 Å². The smallest absolute Gasteiger partial charge is 0.0619 e. The predicted octanol–water partition coefficient (Wildman–Crippen LogP) is 1.25. The molecular formula is C16H18I+. The molecule has 0 unspecified atom stereocenters. The predicted molar refractivity (Wildman–Crippen MR) is 69.1 cm³/mol. The number of halogens is 1. The van der Waals surface area contributed by atoms with Crippen molar-refractivity contribution in [1.29, 1.82) is 0 Å². The van der Waals surface area contributed by atoms with Crippen molar-refractivity contribution in [2.75, 3.05) is 0 Å². The average molecular weight is 337 g/mol. The zero-order chi connectivity index (χ0) is 12.3. The first-order valence-corrected chi connectivity index (χ1v) is 8.13. The molecular weight excluding hydrogens is 319 g/mol. The summed E-state index contributed by atoms with van der Waals surface area (Å²) >= 11 is -0.0257. The molecule has 0 aliphatic carbocycles. The van der Waals surface area contributed by atoms with Crippen molar-refractivity contribution in [2.24, 2.45) is 0 Å². The third-order valence-electron chi connectivity index (χ3n) is 2.79. The number of hydrogen-bond donors (Lipinski definition) is 0. The van der Waals surface area contributed by atoms with Crippen LogP contribution in [0.4, 0.5) is 0 Å². The van der Waals surface area contributed by atoms with Crippen LogP contribution < -0.4 is 21.2 Å². The Bertz CT molecular complexity index is 486. The van der Waals surface area contributed by atoms with E-state index in [1.54, 1.807) is 3.57 Å². The van der Waals surface area contributed by atoms with E-state index in [1.165, 1.54) is 14.7 Å². The topological polar surface area (TPSA) is 0 Å². The molecule has 0 spiro atoms. The van der Waals surface area contributed by atoms with E-state index in [0.29, 0.717) is 5.92 Å². The Morgan fingerprint density at radius 2 is 1.65 bits per heavy atom. The highest BCUT2D eigenvalue weighted by Gasteiger charge is 2.18. The molecule has 0 saturated heterocycles. The zero-order valence-electron chi connectivity index (χ0n) is 10.6. The lowest BCUT2D eigenvalue weighted by Crippen LogP contribution is -3.61. The lowest BCUT2D eigenvalue weighted by Gasteiger charge is -2.05. The SMILES string of the molecule is Cc1cc(C(C)C)ccc1[I+]c1ccccc1. The van der Waals surface area contributed by atoms with Gasteiger partial charge in [0.05, 0.1) is 0 Å². The molecule has 0 nitrogen and oxygen atoms in total. The fourth-order valence-electron chi connectivity index (χ4n) is 1.73. The maximum absolute atomic E-state index is 2.35. The van der Waals surface area contributed by atoms with Crippen molar-refractivity contribution in [1.82, 2.24) is 0 Å². The molecule has 0 aromatic heterocycles. The Hall–Kier alpha value is -0.830. The third-order valence-corrected chi connectivity index (χ3v) is 5.93. The lowest BCUT2D eigenvalue weighted by molar-refractivity contribution is -0.598. The minimum absolute atomic E-state index is 0.0257. The number of benzene rings is 2. The molecule has 0 heterocycles. The van der Waals surface area contributed by atoms with Gasteiger partial charge < -0.3 is 0 Å². The molecule has 0 atom stereocenters. The van der Waals surface area contributed by atoms with E-state index in [-0.39, 0.29) is 21.2 Å². The monoisotopic (exact) mass is 337 g/mol. The summed E-state index contributed by atoms with van der Waals surface area (Å²) in [6.07, 6.45) is 0. The van der Waals surface area contributed by atoms with Crippen molar-refractivity contribution in [3.8, 4) is 0 Å². The van der Waals surface area contributed by atoms with Gasteiger partial charge in [-0.15, -0.1) is 0 Å². The summed E-state index contributed by atoms with van der Waals surface area (Å²) in [5.41, 5.74) is 2.90. The molecule has 0 radical (unpaired) electrons. The minimum Gasteiger partial charge on any atom is -0.0619 e. The van der Waals surface area contributed by atoms with Gasteiger partial charge in [-0.05, 0) is 36.6 Å². The highest BCUT2D eigenvalue weighted by Crippen LogP contribution is 2.14. The van der Waals surface area contributed by atoms with Crippen LogP contribution in [0, 0.1) is 14.1 Å². The average Bonchev–Trinajstić information content (AvgIpc) is 2.33. The van der Waals surface area contributed by atoms with Crippen LogP contribution in [0.1, 0.15) is 30.9 Å². The van der Waals surface area contributed by atoms with Gasteiger partial charge in [0.25, 0.3) is 0 Å². The van der Waals surface area contributed by atoms with Crippen LogP contribution in [0.5, 0.6) is 0 Å². The molecule has 0 amide bonds. The van der Waals surface area contributed by atoms with E-state index < -0.39 is 0 Å². The number of rotatable bonds is 3. The third kappa shape index (κ3) is 3.32. The first-order valence-electron chi connectivity index (χ1n) is 5.97. The molecule has 1 heteroatoms. The van der Waals surface area contributed by atoms with Crippen molar-refractivity contribution in [3.63, 3.8) is 0 Å². The van der Waals surface area contributed by atoms with Crippen molar-refractivity contribution in [3.05, 3.63) is 66.8 Å². The summed E-state index contributed by atoms with van der Waals surface area (Å²) in [6.45, 7) is 6.74. The molecule has 0 aliphatic rings. The molecule has 0 saturated carbocycles. The van der Waals surface area contributed by atoms with Gasteiger partial charge >= 0.3 is 21.2 Å². The van der Waals surface area contributed by atoms with Gasteiger partial charge in [-0.25, -0.2) is 0 Å². The van der Waals surface area contributed by atoms with Gasteiger partial charge in [-0.3, -0.25) is 0 Å². The quantitative estimate of drug-likeness (QED) is 0.740. The molecule has 17 heavy (non-hydrogen) atoms. The van der Waals surface area contributed by atoms with Crippen molar-refractivity contribution >= 4 is 0 Å². The van der Waals surface area contributed by atoms with Gasteiger partial charge in [-0.1, -0.05) is 44.2 Å². The zero-order valence-corrected chi connectivity index (χ0v) is 12.7. The van der Waals surface area contributed by atoms with E-state index in [9.17, 15) is 0 Å². The Balaban J connectivity index is 2.23. The summed E-state index contributed by atoms with van der Waals surface area (Å²) in [4.78, 5) is 0. The number of hydrogen-bond acceptors (Lipinski definition) is 0. The second-order valence-corrected chi connectivity index (χ2v) is 7.50. The highest BCUT2D eigenvalue weighted by molar-refractivity contribution is 5.24. The van der Waals surface area contributed by atoms with Gasteiger partial charge in [0.15, 0.2) is 7.14 Å². The highest BCUT2D eigenvalue weighted by atomic mass is 127. The Morgan fingerprint density at radius 1 is 0.941 bits per heavy atom. The second kappa shape index (κ2) is 5.67. The Labute approximate surface area is 114 Å². The van der Waals surface area contributed by atoms with Crippen LogP contribution in [0.25, 0.3) is 0 Å². The molecule has 0 aliphatic heterocycles. The Kier molecular flexibility index (Phi) is 4.21. The van der Waals surface area contributed by atoms with E-state index >= 15 is 0 Å². The molecule has 2 aromatic carbocycles. The van der Waals surface area contributed by atoms with Crippen LogP contribution in [0.2, 0.25) is 0 Å². The van der Waals surface area contributed by atoms with Gasteiger partial charge in [0, 0.05) is 5.56 Å². The largest absolute Gasteiger partial charge is 0.358 e. The standard InChI is InChI=1S/C16H18I/c1-12(2)14-9-10-16(13(3)11-14)17-15-7-5-4-6-8-15/h4-12H,1-3H3/q+1. The summed E-state index contributed by atoms with van der Waals surface area (Å²) < 4.78 is 3.03. The van der Waals surface area contributed by atoms with E-state index in [2.05, 4.69) is 69.3 Å². The first kappa shape index (κ1) is 12.6. The molecule has 0 N–H and O–H groups in total. The van der Waals surface area contributed by atoms with Crippen LogP contribution in [0.3, 0.4) is 0 Å². The first-order chi connectivity index (χ1) is 8.16. The van der Waals surface area contributed by atoms with Crippen molar-refractivity contribution < 1.29 is 21.2 Å². The van der Waals surface area contributed by atoms with Crippen LogP contribution in [0.15, 0.2) is 48.5 Å². The van der Waals surface area contributed by atoms with Crippen LogP contribution >= 0.6 is 0 Å². The van der Waals surface area contributed by atoms with E-state index in [4.69, 9.17) is 0 Å². The van der Waals surface area contributed by atoms with Crippen molar-refractivity contribution in [2.45, 2.75) is 26.7 Å². The second-order valence-electron chi connectivity index (χ2n) is 4.55. The minimum atomic E-state index is -0.0257. The van der Waals surface area contributed by atoms with Gasteiger partial charge in [-0.2, -0.15) is 0 Å². The molecule has 0 fully saturated rings. The molecule has 2 aromatic rings. The molecule has 0 bridgehead atoms. The summed E-state index contributed by atoms with van der Waals surface area (Å²) in [7, 11) is 0. The number of aryl methyl sites for hydroxylation is 1. The van der Waals surface area contributed by atoms with Crippen LogP contribution in [-0.4, -0.2) is 0 Å². The van der Waals surface area contributed by atoms with Gasteiger partial charge in [0.2, 0.25) is 0 Å². The lowest BCUT2D eigenvalue weighted by atomic mass is 10.0. The summed E-state index contributed by atoms with van der Waals surface area (Å²) in [6, 6.07) is 17.8. The van der Waals surface area contributed by atoms with E-state index in [0.717, 1.165) is 0 Å². The Morgan fingerprint density at radius 3 is 2.24 bits per heavy atom. The maximum atomic E-state index is 2.35.